The standard InChI is InChI=1S/C17H25IO3/c1-17(2)20-15(8-10-18)12-16(21-17)9-11-19-13-14-6-4-3-5-7-14/h3-7,15-16H,8-13H2,1-2H3/t15-,16+/m1/s1. The van der Waals surface area contributed by atoms with Gasteiger partial charge in [0.15, 0.2) is 5.79 Å². The van der Waals surface area contributed by atoms with Gasteiger partial charge in [-0.2, -0.15) is 0 Å². The first-order chi connectivity index (χ1) is 10.1. The van der Waals surface area contributed by atoms with Crippen LogP contribution in [0.5, 0.6) is 0 Å². The van der Waals surface area contributed by atoms with Crippen LogP contribution < -0.4 is 0 Å². The Kier molecular flexibility index (Phi) is 6.92. The molecule has 21 heavy (non-hydrogen) atoms. The van der Waals surface area contributed by atoms with Gasteiger partial charge in [0.1, 0.15) is 0 Å². The molecule has 0 unspecified atom stereocenters. The number of benzene rings is 1. The fraction of sp³-hybridized carbons (Fsp3) is 0.647. The molecule has 2 rings (SSSR count). The Morgan fingerprint density at radius 3 is 2.48 bits per heavy atom. The third kappa shape index (κ3) is 6.22. The Morgan fingerprint density at radius 2 is 1.81 bits per heavy atom. The van der Waals surface area contributed by atoms with E-state index in [1.165, 1.54) is 5.56 Å². The van der Waals surface area contributed by atoms with E-state index in [-0.39, 0.29) is 6.10 Å². The molecule has 1 fully saturated rings. The second-order valence-electron chi connectivity index (χ2n) is 5.92. The van der Waals surface area contributed by atoms with Crippen LogP contribution >= 0.6 is 22.6 Å². The van der Waals surface area contributed by atoms with Crippen LogP contribution in [0.2, 0.25) is 0 Å². The average Bonchev–Trinajstić information content (AvgIpc) is 2.43. The maximum Gasteiger partial charge on any atom is 0.163 e. The molecule has 0 amide bonds. The monoisotopic (exact) mass is 404 g/mol. The zero-order valence-electron chi connectivity index (χ0n) is 12.9. The van der Waals surface area contributed by atoms with E-state index >= 15 is 0 Å². The maximum atomic E-state index is 6.00. The first-order valence-electron chi connectivity index (χ1n) is 7.62. The highest BCUT2D eigenvalue weighted by Gasteiger charge is 2.34. The molecule has 0 aliphatic carbocycles. The molecule has 1 aromatic rings. The van der Waals surface area contributed by atoms with Gasteiger partial charge in [-0.15, -0.1) is 0 Å². The topological polar surface area (TPSA) is 27.7 Å². The van der Waals surface area contributed by atoms with Gasteiger partial charge < -0.3 is 14.2 Å². The molecule has 1 saturated heterocycles. The zero-order chi connectivity index (χ0) is 15.1. The van der Waals surface area contributed by atoms with Crippen LogP contribution in [-0.4, -0.2) is 29.0 Å². The summed E-state index contributed by atoms with van der Waals surface area (Å²) in [5.41, 5.74) is 1.22. The lowest BCUT2D eigenvalue weighted by atomic mass is 10.0. The summed E-state index contributed by atoms with van der Waals surface area (Å²) in [6.07, 6.45) is 3.54. The molecule has 0 aromatic heterocycles. The SMILES string of the molecule is CC1(C)O[C@H](CCI)C[C@H](CCOCc2ccccc2)O1. The molecule has 0 radical (unpaired) electrons. The predicted molar refractivity (Wildman–Crippen MR) is 92.7 cm³/mol. The molecule has 4 heteroatoms. The van der Waals surface area contributed by atoms with Crippen molar-refractivity contribution in [1.29, 1.82) is 0 Å². The summed E-state index contributed by atoms with van der Waals surface area (Å²) in [5, 5.41) is 0. The fourth-order valence-corrected chi connectivity index (χ4v) is 3.37. The van der Waals surface area contributed by atoms with E-state index < -0.39 is 5.79 Å². The van der Waals surface area contributed by atoms with Crippen molar-refractivity contribution in [3.63, 3.8) is 0 Å². The third-order valence-corrected chi connectivity index (χ3v) is 4.18. The van der Waals surface area contributed by atoms with Crippen molar-refractivity contribution in [2.24, 2.45) is 0 Å². The normalized spacial score (nSPS) is 24.9. The fourth-order valence-electron chi connectivity index (χ4n) is 2.67. The molecule has 118 valence electrons. The van der Waals surface area contributed by atoms with Crippen LogP contribution in [0.1, 0.15) is 38.7 Å². The highest BCUT2D eigenvalue weighted by Crippen LogP contribution is 2.30. The number of hydrogen-bond donors (Lipinski definition) is 0. The molecule has 2 atom stereocenters. The summed E-state index contributed by atoms with van der Waals surface area (Å²) in [7, 11) is 0. The maximum absolute atomic E-state index is 6.00. The van der Waals surface area contributed by atoms with Crippen molar-refractivity contribution >= 4 is 22.6 Å². The minimum absolute atomic E-state index is 0.234. The van der Waals surface area contributed by atoms with Gasteiger partial charge in [0.25, 0.3) is 0 Å². The second-order valence-corrected chi connectivity index (χ2v) is 7.00. The Morgan fingerprint density at radius 1 is 1.14 bits per heavy atom. The zero-order valence-corrected chi connectivity index (χ0v) is 15.0. The first-order valence-corrected chi connectivity index (χ1v) is 9.15. The highest BCUT2D eigenvalue weighted by atomic mass is 127. The molecule has 0 saturated carbocycles. The summed E-state index contributed by atoms with van der Waals surface area (Å²) in [6, 6.07) is 10.3. The minimum Gasteiger partial charge on any atom is -0.377 e. The van der Waals surface area contributed by atoms with Crippen molar-refractivity contribution in [3.8, 4) is 0 Å². The lowest BCUT2D eigenvalue weighted by Crippen LogP contribution is -2.45. The molecule has 3 nitrogen and oxygen atoms in total. The van der Waals surface area contributed by atoms with Crippen LogP contribution in [0, 0.1) is 0 Å². The van der Waals surface area contributed by atoms with E-state index in [1.807, 2.05) is 32.0 Å². The third-order valence-electron chi connectivity index (χ3n) is 3.55. The number of halogens is 1. The molecule has 1 heterocycles. The molecule has 1 aliphatic rings. The number of rotatable bonds is 7. The van der Waals surface area contributed by atoms with Gasteiger partial charge in [-0.3, -0.25) is 0 Å². The van der Waals surface area contributed by atoms with Crippen molar-refractivity contribution in [2.75, 3.05) is 11.0 Å². The number of ether oxygens (including phenoxy) is 3. The molecule has 1 aliphatic heterocycles. The van der Waals surface area contributed by atoms with Crippen LogP contribution in [0.4, 0.5) is 0 Å². The van der Waals surface area contributed by atoms with Crippen molar-refractivity contribution in [1.82, 2.24) is 0 Å². The lowest BCUT2D eigenvalue weighted by Gasteiger charge is -2.40. The van der Waals surface area contributed by atoms with Crippen molar-refractivity contribution < 1.29 is 14.2 Å². The van der Waals surface area contributed by atoms with E-state index in [9.17, 15) is 0 Å². The molecular weight excluding hydrogens is 379 g/mol. The highest BCUT2D eigenvalue weighted by molar-refractivity contribution is 14.1. The summed E-state index contributed by atoms with van der Waals surface area (Å²) in [4.78, 5) is 0. The van der Waals surface area contributed by atoms with Gasteiger partial charge in [0.2, 0.25) is 0 Å². The lowest BCUT2D eigenvalue weighted by molar-refractivity contribution is -0.301. The quantitative estimate of drug-likeness (QED) is 0.385. The minimum atomic E-state index is -0.473. The molecular formula is C17H25IO3. The summed E-state index contributed by atoms with van der Waals surface area (Å²) < 4.78 is 18.8. The van der Waals surface area contributed by atoms with Gasteiger partial charge in [-0.25, -0.2) is 0 Å². The van der Waals surface area contributed by atoms with E-state index in [1.54, 1.807) is 0 Å². The number of hydrogen-bond acceptors (Lipinski definition) is 3. The Bertz CT molecular complexity index is 408. The van der Waals surface area contributed by atoms with Crippen LogP contribution in [0.3, 0.4) is 0 Å². The Balaban J connectivity index is 1.71. The summed E-state index contributed by atoms with van der Waals surface area (Å²) in [6.45, 7) is 5.41. The van der Waals surface area contributed by atoms with Crippen molar-refractivity contribution in [3.05, 3.63) is 35.9 Å². The van der Waals surface area contributed by atoms with Gasteiger partial charge in [0, 0.05) is 17.5 Å². The number of alkyl halides is 1. The van der Waals surface area contributed by atoms with Crippen LogP contribution in [-0.2, 0) is 20.8 Å². The molecule has 0 spiro atoms. The average molecular weight is 404 g/mol. The summed E-state index contributed by atoms with van der Waals surface area (Å²) in [5.74, 6) is -0.473. The van der Waals surface area contributed by atoms with Crippen LogP contribution in [0.25, 0.3) is 0 Å². The van der Waals surface area contributed by atoms with E-state index in [2.05, 4.69) is 34.7 Å². The Labute approximate surface area is 141 Å². The molecule has 0 N–H and O–H groups in total. The van der Waals surface area contributed by atoms with E-state index in [4.69, 9.17) is 14.2 Å². The van der Waals surface area contributed by atoms with Gasteiger partial charge >= 0.3 is 0 Å². The van der Waals surface area contributed by atoms with E-state index in [0.717, 1.165) is 30.3 Å². The van der Waals surface area contributed by atoms with E-state index in [0.29, 0.717) is 12.7 Å². The first kappa shape index (κ1) is 17.2. The van der Waals surface area contributed by atoms with Gasteiger partial charge in [-0.05, 0) is 32.3 Å². The molecule has 1 aromatic carbocycles. The largest absolute Gasteiger partial charge is 0.377 e. The van der Waals surface area contributed by atoms with Crippen LogP contribution in [0.15, 0.2) is 30.3 Å². The smallest absolute Gasteiger partial charge is 0.163 e. The van der Waals surface area contributed by atoms with Gasteiger partial charge in [0.05, 0.1) is 18.8 Å². The molecule has 0 bridgehead atoms. The Hall–Kier alpha value is -0.170. The predicted octanol–water partition coefficient (Wildman–Crippen LogP) is 4.33. The summed E-state index contributed by atoms with van der Waals surface area (Å²) >= 11 is 2.40. The van der Waals surface area contributed by atoms with Crippen molar-refractivity contribution in [2.45, 2.75) is 57.7 Å². The van der Waals surface area contributed by atoms with Gasteiger partial charge in [-0.1, -0.05) is 52.9 Å². The second kappa shape index (κ2) is 8.46.